The summed E-state index contributed by atoms with van der Waals surface area (Å²) in [6, 6.07) is 16.6. The molecule has 2 heterocycles. The topological polar surface area (TPSA) is 101 Å². The van der Waals surface area contributed by atoms with Crippen LogP contribution in [0, 0.1) is 5.92 Å². The first-order valence-electron chi connectivity index (χ1n) is 10.6. The van der Waals surface area contributed by atoms with Crippen LogP contribution in [0.5, 0.6) is 5.75 Å². The number of nitrogens with one attached hydrogen (secondary N) is 2. The molecule has 0 bridgehead atoms. The quantitative estimate of drug-likeness (QED) is 0.404. The van der Waals surface area contributed by atoms with Crippen LogP contribution in [0.4, 0.5) is 0 Å². The fourth-order valence-corrected chi connectivity index (χ4v) is 4.58. The lowest BCUT2D eigenvalue weighted by atomic mass is 10.2. The standard InChI is InChI=1S/C25H25N3O4S/c1-17(2)16-32-20-4-3-5-22(13-20)33(30,31)21-8-6-18(7-9-21)14-27-25(29)24-12-19-15-26-11-10-23(19)28-24/h3-13,15,17,28H,14,16H2,1-2H3,(H,27,29). The number of ether oxygens (including phenoxy) is 1. The highest BCUT2D eigenvalue weighted by atomic mass is 32.2. The lowest BCUT2D eigenvalue weighted by Crippen LogP contribution is -2.23. The number of carbonyl (C=O) groups excluding carboxylic acids is 1. The maximum atomic E-state index is 13.0. The predicted molar refractivity (Wildman–Crippen MR) is 126 cm³/mol. The van der Waals surface area contributed by atoms with Crippen molar-refractivity contribution in [2.45, 2.75) is 30.2 Å². The maximum absolute atomic E-state index is 13.0. The van der Waals surface area contributed by atoms with Crippen LogP contribution in [-0.2, 0) is 16.4 Å². The second-order valence-electron chi connectivity index (χ2n) is 8.16. The van der Waals surface area contributed by atoms with Gasteiger partial charge in [-0.1, -0.05) is 32.0 Å². The summed E-state index contributed by atoms with van der Waals surface area (Å²) in [5.74, 6) is 0.615. The number of H-pyrrole nitrogens is 1. The number of fused-ring (bicyclic) bond motifs is 1. The summed E-state index contributed by atoms with van der Waals surface area (Å²) in [4.78, 5) is 19.9. The minimum absolute atomic E-state index is 0.179. The Kier molecular flexibility index (Phi) is 6.46. The van der Waals surface area contributed by atoms with Crippen LogP contribution in [0.15, 0.2) is 82.8 Å². The summed E-state index contributed by atoms with van der Waals surface area (Å²) < 4.78 is 31.7. The molecule has 2 N–H and O–H groups in total. The van der Waals surface area contributed by atoms with Gasteiger partial charge in [0.25, 0.3) is 5.91 Å². The molecule has 0 aliphatic heterocycles. The molecule has 4 aromatic rings. The summed E-state index contributed by atoms with van der Waals surface area (Å²) in [5.41, 5.74) is 2.06. The zero-order valence-electron chi connectivity index (χ0n) is 18.4. The number of hydrogen-bond donors (Lipinski definition) is 2. The van der Waals surface area contributed by atoms with Gasteiger partial charge in [-0.15, -0.1) is 0 Å². The first-order valence-corrected chi connectivity index (χ1v) is 12.1. The van der Waals surface area contributed by atoms with E-state index in [0.29, 0.717) is 24.0 Å². The average molecular weight is 464 g/mol. The van der Waals surface area contributed by atoms with Crippen molar-refractivity contribution in [1.82, 2.24) is 15.3 Å². The van der Waals surface area contributed by atoms with E-state index in [1.165, 1.54) is 0 Å². The van der Waals surface area contributed by atoms with Gasteiger partial charge in [0.1, 0.15) is 11.4 Å². The SMILES string of the molecule is CC(C)COc1cccc(S(=O)(=O)c2ccc(CNC(=O)c3cc4cnccc4[nH]3)cc2)c1. The van der Waals surface area contributed by atoms with Crippen molar-refractivity contribution in [3.05, 3.63) is 84.3 Å². The fraction of sp³-hybridized carbons (Fsp3) is 0.200. The molecule has 0 saturated carbocycles. The predicted octanol–water partition coefficient (Wildman–Crippen LogP) is 4.36. The lowest BCUT2D eigenvalue weighted by Gasteiger charge is -2.11. The highest BCUT2D eigenvalue weighted by Gasteiger charge is 2.18. The van der Waals surface area contributed by atoms with Crippen LogP contribution in [0.2, 0.25) is 0 Å². The van der Waals surface area contributed by atoms with Crippen molar-refractivity contribution < 1.29 is 17.9 Å². The molecule has 170 valence electrons. The Morgan fingerprint density at radius 3 is 2.58 bits per heavy atom. The van der Waals surface area contributed by atoms with Crippen molar-refractivity contribution >= 4 is 26.6 Å². The summed E-state index contributed by atoms with van der Waals surface area (Å²) in [6.07, 6.45) is 3.35. The number of benzene rings is 2. The van der Waals surface area contributed by atoms with Gasteiger partial charge in [0.2, 0.25) is 9.84 Å². The molecule has 8 heteroatoms. The van der Waals surface area contributed by atoms with Crippen molar-refractivity contribution in [3.63, 3.8) is 0 Å². The minimum atomic E-state index is -3.68. The van der Waals surface area contributed by atoms with E-state index >= 15 is 0 Å². The highest BCUT2D eigenvalue weighted by molar-refractivity contribution is 7.91. The molecule has 1 amide bonds. The third-order valence-corrected chi connectivity index (χ3v) is 6.82. The molecule has 0 saturated heterocycles. The maximum Gasteiger partial charge on any atom is 0.267 e. The smallest absolute Gasteiger partial charge is 0.267 e. The number of aromatic amines is 1. The molecule has 0 radical (unpaired) electrons. The Morgan fingerprint density at radius 1 is 1.06 bits per heavy atom. The van der Waals surface area contributed by atoms with Gasteiger partial charge in [-0.25, -0.2) is 8.42 Å². The molecule has 0 spiro atoms. The van der Waals surface area contributed by atoms with Crippen LogP contribution in [0.25, 0.3) is 10.9 Å². The monoisotopic (exact) mass is 463 g/mol. The van der Waals surface area contributed by atoms with Crippen LogP contribution in [-0.4, -0.2) is 30.9 Å². The first kappa shape index (κ1) is 22.5. The van der Waals surface area contributed by atoms with Crippen molar-refractivity contribution in [2.24, 2.45) is 5.92 Å². The van der Waals surface area contributed by atoms with E-state index in [1.807, 2.05) is 13.8 Å². The second kappa shape index (κ2) is 9.46. The second-order valence-corrected chi connectivity index (χ2v) is 10.1. The van der Waals surface area contributed by atoms with E-state index in [9.17, 15) is 13.2 Å². The van der Waals surface area contributed by atoms with E-state index in [-0.39, 0.29) is 22.2 Å². The number of nitrogens with zero attached hydrogens (tertiary/aromatic N) is 1. The van der Waals surface area contributed by atoms with Gasteiger partial charge in [0.15, 0.2) is 0 Å². The third-order valence-electron chi connectivity index (χ3n) is 5.05. The van der Waals surface area contributed by atoms with E-state index < -0.39 is 9.84 Å². The molecule has 0 atom stereocenters. The molecule has 7 nitrogen and oxygen atoms in total. The van der Waals surface area contributed by atoms with E-state index in [2.05, 4.69) is 15.3 Å². The number of amides is 1. The number of rotatable bonds is 8. The van der Waals surface area contributed by atoms with Gasteiger partial charge < -0.3 is 15.0 Å². The minimum Gasteiger partial charge on any atom is -0.493 e. The van der Waals surface area contributed by atoms with Gasteiger partial charge >= 0.3 is 0 Å². The van der Waals surface area contributed by atoms with Crippen LogP contribution in [0.3, 0.4) is 0 Å². The van der Waals surface area contributed by atoms with Gasteiger partial charge in [-0.3, -0.25) is 9.78 Å². The van der Waals surface area contributed by atoms with Crippen molar-refractivity contribution in [1.29, 1.82) is 0 Å². The Morgan fingerprint density at radius 2 is 1.85 bits per heavy atom. The average Bonchev–Trinajstić information content (AvgIpc) is 3.26. The third kappa shape index (κ3) is 5.23. The molecule has 33 heavy (non-hydrogen) atoms. The summed E-state index contributed by atoms with van der Waals surface area (Å²) in [5, 5.41) is 3.70. The Bertz CT molecular complexity index is 1340. The molecular weight excluding hydrogens is 438 g/mol. The molecule has 2 aromatic carbocycles. The van der Waals surface area contributed by atoms with Gasteiger partial charge in [0, 0.05) is 29.8 Å². The van der Waals surface area contributed by atoms with Crippen LogP contribution < -0.4 is 10.1 Å². The number of aromatic nitrogens is 2. The Hall–Kier alpha value is -3.65. The van der Waals surface area contributed by atoms with Gasteiger partial charge in [-0.2, -0.15) is 0 Å². The molecule has 0 aliphatic rings. The number of hydrogen-bond acceptors (Lipinski definition) is 5. The molecular formula is C25H25N3O4S. The summed E-state index contributed by atoms with van der Waals surface area (Å²) >= 11 is 0. The molecule has 0 aliphatic carbocycles. The fourth-order valence-electron chi connectivity index (χ4n) is 3.29. The largest absolute Gasteiger partial charge is 0.493 e. The normalized spacial score (nSPS) is 11.6. The summed E-state index contributed by atoms with van der Waals surface area (Å²) in [7, 11) is -3.68. The Labute approximate surface area is 192 Å². The number of carbonyl (C=O) groups is 1. The van der Waals surface area contributed by atoms with Crippen LogP contribution in [0.1, 0.15) is 29.9 Å². The first-order chi connectivity index (χ1) is 15.8. The molecule has 0 unspecified atom stereocenters. The van der Waals surface area contributed by atoms with Crippen molar-refractivity contribution in [3.8, 4) is 5.75 Å². The van der Waals surface area contributed by atoms with E-state index in [1.54, 1.807) is 73.1 Å². The molecule has 4 rings (SSSR count). The lowest BCUT2D eigenvalue weighted by molar-refractivity contribution is 0.0946. The van der Waals surface area contributed by atoms with E-state index in [0.717, 1.165) is 16.5 Å². The number of sulfone groups is 1. The van der Waals surface area contributed by atoms with Gasteiger partial charge in [0.05, 0.1) is 16.4 Å². The van der Waals surface area contributed by atoms with Crippen molar-refractivity contribution in [2.75, 3.05) is 6.61 Å². The van der Waals surface area contributed by atoms with E-state index in [4.69, 9.17) is 4.74 Å². The Balaban J connectivity index is 1.43. The molecule has 0 fully saturated rings. The zero-order valence-corrected chi connectivity index (χ0v) is 19.2. The highest BCUT2D eigenvalue weighted by Crippen LogP contribution is 2.25. The molecule has 2 aromatic heterocycles. The zero-order chi connectivity index (χ0) is 23.4. The van der Waals surface area contributed by atoms with Gasteiger partial charge in [-0.05, 0) is 53.9 Å². The summed E-state index contributed by atoms with van der Waals surface area (Å²) in [6.45, 7) is 4.84. The van der Waals surface area contributed by atoms with Crippen LogP contribution >= 0.6 is 0 Å². The number of pyridine rings is 1.